The second-order valence-corrected chi connectivity index (χ2v) is 4.91. The fourth-order valence-electron chi connectivity index (χ4n) is 2.27. The van der Waals surface area contributed by atoms with E-state index in [1.54, 1.807) is 0 Å². The van der Waals surface area contributed by atoms with Crippen LogP contribution in [0, 0.1) is 11.3 Å². The molecule has 4 nitrogen and oxygen atoms in total. The first-order chi connectivity index (χ1) is 9.85. The van der Waals surface area contributed by atoms with Crippen LogP contribution in [0.3, 0.4) is 0 Å². The van der Waals surface area contributed by atoms with E-state index in [2.05, 4.69) is 35.4 Å². The number of benzene rings is 1. The predicted molar refractivity (Wildman–Crippen MR) is 78.1 cm³/mol. The zero-order chi connectivity index (χ0) is 14.2. The van der Waals surface area contributed by atoms with Gasteiger partial charge in [-0.15, -0.1) is 5.10 Å². The highest BCUT2D eigenvalue weighted by atomic mass is 15.4. The Morgan fingerprint density at radius 2 is 1.95 bits per heavy atom. The van der Waals surface area contributed by atoms with E-state index in [9.17, 15) is 0 Å². The van der Waals surface area contributed by atoms with Crippen LogP contribution in [0.5, 0.6) is 0 Å². The Morgan fingerprint density at radius 3 is 2.65 bits per heavy atom. The molecule has 1 aromatic heterocycles. The summed E-state index contributed by atoms with van der Waals surface area (Å²) in [6.45, 7) is 3.03. The Morgan fingerprint density at radius 1 is 1.15 bits per heavy atom. The van der Waals surface area contributed by atoms with Gasteiger partial charge in [-0.05, 0) is 24.8 Å². The summed E-state index contributed by atoms with van der Waals surface area (Å²) >= 11 is 0. The Labute approximate surface area is 120 Å². The molecular weight excluding hydrogens is 248 g/mol. The quantitative estimate of drug-likeness (QED) is 0.725. The average molecular weight is 268 g/mol. The molecule has 0 amide bonds. The number of unbranched alkanes of at least 4 members (excludes halogenated alkanes) is 2. The highest BCUT2D eigenvalue weighted by Crippen LogP contribution is 2.11. The first-order valence-corrected chi connectivity index (χ1v) is 7.21. The van der Waals surface area contributed by atoms with Gasteiger partial charge in [0.2, 0.25) is 0 Å². The number of hydrogen-bond acceptors (Lipinski definition) is 3. The molecule has 2 aromatic rings. The van der Waals surface area contributed by atoms with E-state index < -0.39 is 0 Å². The second kappa shape index (κ2) is 7.44. The lowest BCUT2D eigenvalue weighted by molar-refractivity contribution is 0.519. The maximum atomic E-state index is 9.13. The average Bonchev–Trinajstić information content (AvgIpc) is 2.88. The van der Waals surface area contributed by atoms with E-state index in [0.717, 1.165) is 31.5 Å². The van der Waals surface area contributed by atoms with E-state index in [1.165, 1.54) is 18.4 Å². The van der Waals surface area contributed by atoms with Crippen molar-refractivity contribution in [2.45, 2.75) is 45.6 Å². The summed E-state index contributed by atoms with van der Waals surface area (Å²) in [6.07, 6.45) is 5.17. The molecule has 0 saturated carbocycles. The molecule has 0 saturated heterocycles. The van der Waals surface area contributed by atoms with Crippen LogP contribution in [0.15, 0.2) is 30.3 Å². The molecular formula is C16H20N4. The minimum absolute atomic E-state index is 0.470. The SMILES string of the molecule is CCCCCn1nnc(C#N)c1CCc1ccccc1. The van der Waals surface area contributed by atoms with Gasteiger partial charge in [-0.1, -0.05) is 55.3 Å². The molecule has 0 N–H and O–H groups in total. The molecule has 0 aliphatic carbocycles. The number of rotatable bonds is 7. The smallest absolute Gasteiger partial charge is 0.185 e. The molecule has 0 fully saturated rings. The standard InChI is InChI=1S/C16H20N4/c1-2-3-7-12-20-16(15(13-17)18-19-20)11-10-14-8-5-4-6-9-14/h4-6,8-9H,2-3,7,10-12H2,1H3. The van der Waals surface area contributed by atoms with Crippen LogP contribution in [0.25, 0.3) is 0 Å². The number of nitriles is 1. The van der Waals surface area contributed by atoms with Gasteiger partial charge in [0.1, 0.15) is 6.07 Å². The monoisotopic (exact) mass is 268 g/mol. The van der Waals surface area contributed by atoms with Gasteiger partial charge in [-0.2, -0.15) is 5.26 Å². The van der Waals surface area contributed by atoms with E-state index in [4.69, 9.17) is 5.26 Å². The minimum Gasteiger partial charge on any atom is -0.248 e. The second-order valence-electron chi connectivity index (χ2n) is 4.91. The van der Waals surface area contributed by atoms with Gasteiger partial charge in [0.05, 0.1) is 5.69 Å². The minimum atomic E-state index is 0.470. The van der Waals surface area contributed by atoms with E-state index in [1.807, 2.05) is 22.9 Å². The van der Waals surface area contributed by atoms with E-state index in [-0.39, 0.29) is 0 Å². The van der Waals surface area contributed by atoms with Crippen LogP contribution in [0.1, 0.15) is 43.1 Å². The van der Waals surface area contributed by atoms with Gasteiger partial charge in [0.15, 0.2) is 5.69 Å². The number of nitrogens with zero attached hydrogens (tertiary/aromatic N) is 4. The topological polar surface area (TPSA) is 54.5 Å². The zero-order valence-corrected chi connectivity index (χ0v) is 11.9. The number of aromatic nitrogens is 3. The van der Waals surface area contributed by atoms with Crippen molar-refractivity contribution < 1.29 is 0 Å². The summed E-state index contributed by atoms with van der Waals surface area (Å²) in [6, 6.07) is 12.5. The number of aryl methyl sites for hydroxylation is 2. The summed E-state index contributed by atoms with van der Waals surface area (Å²) in [4.78, 5) is 0. The predicted octanol–water partition coefficient (Wildman–Crippen LogP) is 3.13. The molecule has 0 aliphatic rings. The largest absolute Gasteiger partial charge is 0.248 e. The third kappa shape index (κ3) is 3.67. The summed E-state index contributed by atoms with van der Waals surface area (Å²) < 4.78 is 1.90. The van der Waals surface area contributed by atoms with E-state index >= 15 is 0 Å². The maximum absolute atomic E-state index is 9.13. The van der Waals surface area contributed by atoms with Crippen molar-refractivity contribution in [2.24, 2.45) is 0 Å². The molecule has 4 heteroatoms. The molecule has 0 bridgehead atoms. The Hall–Kier alpha value is -2.15. The molecule has 20 heavy (non-hydrogen) atoms. The van der Waals surface area contributed by atoms with Crippen LogP contribution >= 0.6 is 0 Å². The van der Waals surface area contributed by atoms with Gasteiger partial charge < -0.3 is 0 Å². The third-order valence-corrected chi connectivity index (χ3v) is 3.41. The molecule has 0 aliphatic heterocycles. The normalized spacial score (nSPS) is 10.4. The molecule has 0 spiro atoms. The summed E-state index contributed by atoms with van der Waals surface area (Å²) in [5, 5.41) is 17.2. The fourth-order valence-corrected chi connectivity index (χ4v) is 2.27. The lowest BCUT2D eigenvalue weighted by Crippen LogP contribution is -2.07. The Balaban J connectivity index is 2.05. The molecule has 1 aromatic carbocycles. The van der Waals surface area contributed by atoms with E-state index in [0.29, 0.717) is 5.69 Å². The third-order valence-electron chi connectivity index (χ3n) is 3.41. The molecule has 2 rings (SSSR count). The van der Waals surface area contributed by atoms with Crippen molar-refractivity contribution in [1.29, 1.82) is 5.26 Å². The van der Waals surface area contributed by atoms with Gasteiger partial charge in [0, 0.05) is 6.54 Å². The van der Waals surface area contributed by atoms with Crippen molar-refractivity contribution in [2.75, 3.05) is 0 Å². The van der Waals surface area contributed by atoms with Gasteiger partial charge in [0.25, 0.3) is 0 Å². The van der Waals surface area contributed by atoms with Gasteiger partial charge in [-0.25, -0.2) is 4.68 Å². The molecule has 0 atom stereocenters. The highest BCUT2D eigenvalue weighted by molar-refractivity contribution is 5.26. The van der Waals surface area contributed by atoms with Crippen molar-refractivity contribution in [3.8, 4) is 6.07 Å². The van der Waals surface area contributed by atoms with Crippen LogP contribution in [-0.2, 0) is 19.4 Å². The van der Waals surface area contributed by atoms with Gasteiger partial charge in [-0.3, -0.25) is 0 Å². The van der Waals surface area contributed by atoms with Crippen LogP contribution < -0.4 is 0 Å². The zero-order valence-electron chi connectivity index (χ0n) is 11.9. The van der Waals surface area contributed by atoms with Gasteiger partial charge >= 0.3 is 0 Å². The Bertz CT molecular complexity index is 566. The van der Waals surface area contributed by atoms with Crippen LogP contribution in [0.4, 0.5) is 0 Å². The van der Waals surface area contributed by atoms with Crippen molar-refractivity contribution in [3.05, 3.63) is 47.3 Å². The first-order valence-electron chi connectivity index (χ1n) is 7.21. The molecule has 0 unspecified atom stereocenters. The summed E-state index contributed by atoms with van der Waals surface area (Å²) in [5.74, 6) is 0. The highest BCUT2D eigenvalue weighted by Gasteiger charge is 2.12. The lowest BCUT2D eigenvalue weighted by atomic mass is 10.1. The van der Waals surface area contributed by atoms with Crippen LogP contribution in [-0.4, -0.2) is 15.0 Å². The van der Waals surface area contributed by atoms with Crippen LogP contribution in [0.2, 0.25) is 0 Å². The number of hydrogen-bond donors (Lipinski definition) is 0. The van der Waals surface area contributed by atoms with Crippen molar-refractivity contribution in [3.63, 3.8) is 0 Å². The first kappa shape index (κ1) is 14.3. The summed E-state index contributed by atoms with van der Waals surface area (Å²) in [5.41, 5.74) is 2.71. The molecule has 1 heterocycles. The Kier molecular flexibility index (Phi) is 5.31. The lowest BCUT2D eigenvalue weighted by Gasteiger charge is -2.06. The summed E-state index contributed by atoms with van der Waals surface area (Å²) in [7, 11) is 0. The maximum Gasteiger partial charge on any atom is 0.185 e. The molecule has 104 valence electrons. The van der Waals surface area contributed by atoms with Crippen molar-refractivity contribution in [1.82, 2.24) is 15.0 Å². The fraction of sp³-hybridized carbons (Fsp3) is 0.438. The van der Waals surface area contributed by atoms with Crippen molar-refractivity contribution >= 4 is 0 Å². The molecule has 0 radical (unpaired) electrons.